The molecule has 7 heteroatoms. The molecule has 7 nitrogen and oxygen atoms in total. The molecule has 1 aliphatic rings. The van der Waals surface area contributed by atoms with Gasteiger partial charge in [0.15, 0.2) is 24.2 Å². The standard InChI is InChI=1S/C18H17NO6/c1-12(25-14-5-3-2-4-6-14)18(21)22-10-17(20)19-13-7-8-15-16(9-13)24-11-23-15/h2-9,12H,10-11H2,1H3,(H,19,20)/t12-/m1/s1. The number of carbonyl (C=O) groups is 2. The van der Waals surface area contributed by atoms with Gasteiger partial charge in [-0.05, 0) is 31.2 Å². The van der Waals surface area contributed by atoms with Crippen LogP contribution in [0.3, 0.4) is 0 Å². The van der Waals surface area contributed by atoms with E-state index in [0.29, 0.717) is 22.9 Å². The molecule has 0 aromatic heterocycles. The van der Waals surface area contributed by atoms with E-state index in [1.807, 2.05) is 6.07 Å². The minimum absolute atomic E-state index is 0.156. The zero-order valence-corrected chi connectivity index (χ0v) is 13.6. The van der Waals surface area contributed by atoms with E-state index >= 15 is 0 Å². The molecule has 2 aromatic rings. The average molecular weight is 343 g/mol. The molecule has 0 saturated heterocycles. The van der Waals surface area contributed by atoms with Crippen LogP contribution in [0, 0.1) is 0 Å². The third-order valence-electron chi connectivity index (χ3n) is 3.39. The molecule has 1 amide bonds. The van der Waals surface area contributed by atoms with Gasteiger partial charge in [-0.15, -0.1) is 0 Å². The molecule has 25 heavy (non-hydrogen) atoms. The van der Waals surface area contributed by atoms with E-state index in [1.165, 1.54) is 0 Å². The van der Waals surface area contributed by atoms with Gasteiger partial charge in [0.25, 0.3) is 5.91 Å². The van der Waals surface area contributed by atoms with Gasteiger partial charge in [0.05, 0.1) is 0 Å². The normalized spacial score (nSPS) is 13.0. The predicted molar refractivity (Wildman–Crippen MR) is 88.7 cm³/mol. The van der Waals surface area contributed by atoms with Crippen molar-refractivity contribution in [1.29, 1.82) is 0 Å². The topological polar surface area (TPSA) is 83.1 Å². The summed E-state index contributed by atoms with van der Waals surface area (Å²) in [6.07, 6.45) is -0.819. The zero-order chi connectivity index (χ0) is 17.6. The molecule has 1 aliphatic heterocycles. The van der Waals surface area contributed by atoms with E-state index in [1.54, 1.807) is 49.4 Å². The Morgan fingerprint density at radius 1 is 1.12 bits per heavy atom. The quantitative estimate of drug-likeness (QED) is 0.811. The smallest absolute Gasteiger partial charge is 0.347 e. The van der Waals surface area contributed by atoms with Crippen molar-refractivity contribution in [1.82, 2.24) is 0 Å². The minimum Gasteiger partial charge on any atom is -0.479 e. The number of hydrogen-bond acceptors (Lipinski definition) is 6. The van der Waals surface area contributed by atoms with Crippen LogP contribution in [0.15, 0.2) is 48.5 Å². The Hall–Kier alpha value is -3.22. The van der Waals surface area contributed by atoms with Crippen molar-refractivity contribution in [2.75, 3.05) is 18.7 Å². The van der Waals surface area contributed by atoms with Crippen LogP contribution in [0.1, 0.15) is 6.92 Å². The Kier molecular flexibility index (Phi) is 5.03. The molecule has 0 radical (unpaired) electrons. The summed E-state index contributed by atoms with van der Waals surface area (Å²) in [7, 11) is 0. The van der Waals surface area contributed by atoms with Crippen molar-refractivity contribution in [3.05, 3.63) is 48.5 Å². The maximum atomic E-state index is 11.9. The number of fused-ring (bicyclic) bond motifs is 1. The summed E-state index contributed by atoms with van der Waals surface area (Å²) in [6, 6.07) is 13.9. The van der Waals surface area contributed by atoms with E-state index in [4.69, 9.17) is 18.9 Å². The number of benzene rings is 2. The summed E-state index contributed by atoms with van der Waals surface area (Å²) >= 11 is 0. The van der Waals surface area contributed by atoms with Crippen molar-refractivity contribution in [2.24, 2.45) is 0 Å². The zero-order valence-electron chi connectivity index (χ0n) is 13.6. The molecule has 1 N–H and O–H groups in total. The first-order valence-electron chi connectivity index (χ1n) is 7.69. The van der Waals surface area contributed by atoms with Gasteiger partial charge in [-0.2, -0.15) is 0 Å². The fourth-order valence-electron chi connectivity index (χ4n) is 2.18. The number of hydrogen-bond donors (Lipinski definition) is 1. The van der Waals surface area contributed by atoms with Crippen LogP contribution in [0.4, 0.5) is 5.69 Å². The molecule has 1 atom stereocenters. The Balaban J connectivity index is 1.46. The number of carbonyl (C=O) groups excluding carboxylic acids is 2. The molecule has 0 aliphatic carbocycles. The molecule has 0 bridgehead atoms. The first-order chi connectivity index (χ1) is 12.1. The van der Waals surface area contributed by atoms with E-state index in [-0.39, 0.29) is 6.79 Å². The highest BCUT2D eigenvalue weighted by atomic mass is 16.7. The number of para-hydroxylation sites is 1. The Morgan fingerprint density at radius 3 is 2.68 bits per heavy atom. The van der Waals surface area contributed by atoms with Crippen LogP contribution in [0.25, 0.3) is 0 Å². The van der Waals surface area contributed by atoms with Gasteiger partial charge in [0.2, 0.25) is 6.79 Å². The molecule has 0 unspecified atom stereocenters. The van der Waals surface area contributed by atoms with Crippen molar-refractivity contribution in [2.45, 2.75) is 13.0 Å². The average Bonchev–Trinajstić information content (AvgIpc) is 3.08. The first-order valence-corrected chi connectivity index (χ1v) is 7.69. The summed E-state index contributed by atoms with van der Waals surface area (Å²) in [6.45, 7) is 1.31. The highest BCUT2D eigenvalue weighted by Gasteiger charge is 2.18. The van der Waals surface area contributed by atoms with Crippen molar-refractivity contribution < 1.29 is 28.5 Å². The summed E-state index contributed by atoms with van der Waals surface area (Å²) in [5, 5.41) is 2.62. The van der Waals surface area contributed by atoms with E-state index in [0.717, 1.165) is 0 Å². The SMILES string of the molecule is C[C@@H](Oc1ccccc1)C(=O)OCC(=O)Nc1ccc2c(c1)OCO2. The maximum absolute atomic E-state index is 11.9. The molecule has 0 spiro atoms. The molecule has 1 heterocycles. The lowest BCUT2D eigenvalue weighted by molar-refractivity contribution is -0.153. The number of anilines is 1. The van der Waals surface area contributed by atoms with Crippen LogP contribution in [-0.2, 0) is 14.3 Å². The van der Waals surface area contributed by atoms with Gasteiger partial charge in [-0.1, -0.05) is 18.2 Å². The van der Waals surface area contributed by atoms with Gasteiger partial charge in [-0.3, -0.25) is 4.79 Å². The third kappa shape index (κ3) is 4.41. The minimum atomic E-state index is -0.819. The Morgan fingerprint density at radius 2 is 1.88 bits per heavy atom. The second-order valence-corrected chi connectivity index (χ2v) is 5.30. The van der Waals surface area contributed by atoms with Crippen molar-refractivity contribution >= 4 is 17.6 Å². The van der Waals surface area contributed by atoms with Crippen LogP contribution >= 0.6 is 0 Å². The fourth-order valence-corrected chi connectivity index (χ4v) is 2.18. The summed E-state index contributed by atoms with van der Waals surface area (Å²) in [4.78, 5) is 23.8. The van der Waals surface area contributed by atoms with Crippen LogP contribution in [0.5, 0.6) is 17.2 Å². The highest BCUT2D eigenvalue weighted by Crippen LogP contribution is 2.34. The lowest BCUT2D eigenvalue weighted by atomic mass is 10.3. The number of nitrogens with one attached hydrogen (secondary N) is 1. The number of ether oxygens (including phenoxy) is 4. The lowest BCUT2D eigenvalue weighted by Crippen LogP contribution is -2.29. The van der Waals surface area contributed by atoms with Crippen LogP contribution in [0.2, 0.25) is 0 Å². The molecule has 0 fully saturated rings. The first kappa shape index (κ1) is 16.6. The second kappa shape index (κ2) is 7.57. The summed E-state index contributed by atoms with van der Waals surface area (Å²) in [5.41, 5.74) is 0.527. The fraction of sp³-hybridized carbons (Fsp3) is 0.222. The lowest BCUT2D eigenvalue weighted by Gasteiger charge is -2.14. The second-order valence-electron chi connectivity index (χ2n) is 5.30. The van der Waals surface area contributed by atoms with Crippen LogP contribution in [-0.4, -0.2) is 31.4 Å². The number of amides is 1. The van der Waals surface area contributed by atoms with Crippen molar-refractivity contribution in [3.8, 4) is 17.2 Å². The third-order valence-corrected chi connectivity index (χ3v) is 3.39. The largest absolute Gasteiger partial charge is 0.479 e. The Bertz CT molecular complexity index is 761. The molecule has 2 aromatic carbocycles. The molecule has 0 saturated carbocycles. The maximum Gasteiger partial charge on any atom is 0.347 e. The van der Waals surface area contributed by atoms with Gasteiger partial charge in [-0.25, -0.2) is 4.79 Å². The van der Waals surface area contributed by atoms with E-state index in [2.05, 4.69) is 5.32 Å². The van der Waals surface area contributed by atoms with Gasteiger partial charge in [0, 0.05) is 11.8 Å². The highest BCUT2D eigenvalue weighted by molar-refractivity contribution is 5.93. The van der Waals surface area contributed by atoms with Gasteiger partial charge < -0.3 is 24.3 Å². The Labute approximate surface area is 144 Å². The number of esters is 1. The summed E-state index contributed by atoms with van der Waals surface area (Å²) < 4.78 is 20.8. The predicted octanol–water partition coefficient (Wildman–Crippen LogP) is 2.36. The number of rotatable bonds is 6. The monoisotopic (exact) mass is 343 g/mol. The van der Waals surface area contributed by atoms with Gasteiger partial charge in [0.1, 0.15) is 5.75 Å². The molecular weight excluding hydrogens is 326 g/mol. The van der Waals surface area contributed by atoms with E-state index < -0.39 is 24.6 Å². The van der Waals surface area contributed by atoms with E-state index in [9.17, 15) is 9.59 Å². The van der Waals surface area contributed by atoms with Crippen molar-refractivity contribution in [3.63, 3.8) is 0 Å². The summed E-state index contributed by atoms with van der Waals surface area (Å²) in [5.74, 6) is 0.650. The molecule has 3 rings (SSSR count). The van der Waals surface area contributed by atoms with Crippen LogP contribution < -0.4 is 19.5 Å². The molecular formula is C18H17NO6. The molecule has 130 valence electrons. The van der Waals surface area contributed by atoms with Gasteiger partial charge >= 0.3 is 5.97 Å².